The summed E-state index contributed by atoms with van der Waals surface area (Å²) in [5.41, 5.74) is 4.71. The Bertz CT molecular complexity index is 1100. The summed E-state index contributed by atoms with van der Waals surface area (Å²) in [6.45, 7) is 8.01. The van der Waals surface area contributed by atoms with E-state index in [0.29, 0.717) is 30.2 Å². The average Bonchev–Trinajstić information content (AvgIpc) is 2.77. The number of hydrogen-bond donors (Lipinski definition) is 1. The van der Waals surface area contributed by atoms with Crippen LogP contribution in [0.1, 0.15) is 40.2 Å². The van der Waals surface area contributed by atoms with Crippen molar-refractivity contribution in [3.05, 3.63) is 89.0 Å². The number of pyridine rings is 1. The number of nitrogens with zero attached hydrogens (tertiary/aromatic N) is 2. The molecule has 2 aromatic carbocycles. The maximum Gasteiger partial charge on any atom is 0.336 e. The van der Waals surface area contributed by atoms with Crippen molar-refractivity contribution in [3.8, 4) is 16.9 Å². The molecule has 144 valence electrons. The van der Waals surface area contributed by atoms with Gasteiger partial charge in [-0.05, 0) is 59.6 Å². The summed E-state index contributed by atoms with van der Waals surface area (Å²) in [4.78, 5) is 19.1. The van der Waals surface area contributed by atoms with Crippen molar-refractivity contribution in [1.29, 1.82) is 0 Å². The second-order valence-electron chi connectivity index (χ2n) is 7.09. The number of aromatic nitrogens is 1. The second kappa shape index (κ2) is 8.15. The number of rotatable bonds is 5. The molecule has 0 saturated heterocycles. The quantitative estimate of drug-likeness (QED) is 0.590. The lowest BCUT2D eigenvalue weighted by molar-refractivity contribution is 0.0695. The predicted molar refractivity (Wildman–Crippen MR) is 111 cm³/mol. The Labute approximate surface area is 169 Å². The van der Waals surface area contributed by atoms with Gasteiger partial charge in [-0.15, -0.1) is 0 Å². The normalized spacial score (nSPS) is 15.1. The third-order valence-corrected chi connectivity index (χ3v) is 5.41. The van der Waals surface area contributed by atoms with Crippen LogP contribution in [0.4, 0.5) is 5.69 Å². The molecule has 1 aliphatic rings. The van der Waals surface area contributed by atoms with Crippen LogP contribution in [0.2, 0.25) is 0 Å². The highest BCUT2D eigenvalue weighted by Crippen LogP contribution is 2.40. The molecule has 3 aromatic rings. The van der Waals surface area contributed by atoms with Gasteiger partial charge in [0, 0.05) is 12.4 Å². The van der Waals surface area contributed by atoms with E-state index in [1.165, 1.54) is 6.20 Å². The molecule has 0 bridgehead atoms. The first-order chi connectivity index (χ1) is 14.2. The van der Waals surface area contributed by atoms with Gasteiger partial charge in [-0.3, -0.25) is 4.98 Å². The number of carboxylic acids is 1. The standard InChI is InChI=1S/C24H20N2O3/c1-25-22-5-3-2-4-19(22)17-8-9-20-16(11-13-29-23(20)14-17)6-7-18-15-26-12-10-21(18)24(27)28/h2-5,8-10,12,14-16H,6-7,11,13H2,(H,27,28)/t16-/m1/s1. The summed E-state index contributed by atoms with van der Waals surface area (Å²) in [5, 5.41) is 9.37. The lowest BCUT2D eigenvalue weighted by Crippen LogP contribution is -2.15. The summed E-state index contributed by atoms with van der Waals surface area (Å²) in [6, 6.07) is 15.3. The third-order valence-electron chi connectivity index (χ3n) is 5.41. The Kier molecular flexibility index (Phi) is 5.26. The molecule has 1 aliphatic heterocycles. The number of fused-ring (bicyclic) bond motifs is 1. The summed E-state index contributed by atoms with van der Waals surface area (Å²) in [6.07, 6.45) is 5.54. The number of hydrogen-bond acceptors (Lipinski definition) is 3. The van der Waals surface area contributed by atoms with Crippen LogP contribution in [-0.2, 0) is 6.42 Å². The molecule has 5 heteroatoms. The van der Waals surface area contributed by atoms with Crippen LogP contribution < -0.4 is 4.74 Å². The Morgan fingerprint density at radius 1 is 1.24 bits per heavy atom. The number of para-hydroxylation sites is 1. The minimum atomic E-state index is -0.919. The van der Waals surface area contributed by atoms with Crippen molar-refractivity contribution >= 4 is 11.7 Å². The van der Waals surface area contributed by atoms with Crippen LogP contribution in [0.3, 0.4) is 0 Å². The SMILES string of the molecule is [C-]#[N+]c1ccccc1-c1ccc2c(c1)OCC[C@H]2CCc1cnccc1C(=O)O. The zero-order valence-electron chi connectivity index (χ0n) is 15.8. The maximum absolute atomic E-state index is 11.4. The van der Waals surface area contributed by atoms with Crippen LogP contribution in [0.15, 0.2) is 60.9 Å². The average molecular weight is 384 g/mol. The largest absolute Gasteiger partial charge is 0.493 e. The van der Waals surface area contributed by atoms with E-state index in [9.17, 15) is 9.90 Å². The number of carboxylic acid groups (broad SMARTS) is 1. The van der Waals surface area contributed by atoms with Crippen molar-refractivity contribution in [3.63, 3.8) is 0 Å². The number of aryl methyl sites for hydroxylation is 1. The van der Waals surface area contributed by atoms with Crippen LogP contribution in [0.25, 0.3) is 16.0 Å². The predicted octanol–water partition coefficient (Wildman–Crippen LogP) is 5.50. The van der Waals surface area contributed by atoms with Gasteiger partial charge in [0.1, 0.15) is 5.75 Å². The molecule has 1 aromatic heterocycles. The molecule has 0 aliphatic carbocycles. The topological polar surface area (TPSA) is 63.8 Å². The van der Waals surface area contributed by atoms with Gasteiger partial charge in [-0.1, -0.05) is 36.4 Å². The molecule has 1 N–H and O–H groups in total. The Hall–Kier alpha value is -3.65. The fourth-order valence-electron chi connectivity index (χ4n) is 3.91. The van der Waals surface area contributed by atoms with Crippen molar-refractivity contribution in [1.82, 2.24) is 4.98 Å². The first-order valence-electron chi connectivity index (χ1n) is 9.57. The molecule has 1 atom stereocenters. The van der Waals surface area contributed by atoms with Gasteiger partial charge in [0.25, 0.3) is 0 Å². The van der Waals surface area contributed by atoms with E-state index in [1.807, 2.05) is 36.4 Å². The van der Waals surface area contributed by atoms with Gasteiger partial charge in [-0.25, -0.2) is 9.64 Å². The molecule has 0 saturated carbocycles. The lowest BCUT2D eigenvalue weighted by Gasteiger charge is -2.27. The summed E-state index contributed by atoms with van der Waals surface area (Å²) in [7, 11) is 0. The highest BCUT2D eigenvalue weighted by Gasteiger charge is 2.23. The van der Waals surface area contributed by atoms with E-state index in [0.717, 1.165) is 40.8 Å². The van der Waals surface area contributed by atoms with Gasteiger partial charge in [0.15, 0.2) is 5.69 Å². The molecule has 0 amide bonds. The third kappa shape index (κ3) is 3.83. The first kappa shape index (κ1) is 18.7. The number of carbonyl (C=O) groups is 1. The van der Waals surface area contributed by atoms with Crippen molar-refractivity contribution < 1.29 is 14.6 Å². The highest BCUT2D eigenvalue weighted by molar-refractivity contribution is 5.89. The summed E-state index contributed by atoms with van der Waals surface area (Å²) in [5.74, 6) is 0.229. The molecule has 2 heterocycles. The molecule has 4 rings (SSSR count). The van der Waals surface area contributed by atoms with Gasteiger partial charge >= 0.3 is 5.97 Å². The monoisotopic (exact) mass is 384 g/mol. The van der Waals surface area contributed by atoms with E-state index < -0.39 is 5.97 Å². The lowest BCUT2D eigenvalue weighted by atomic mass is 9.86. The summed E-state index contributed by atoms with van der Waals surface area (Å²) >= 11 is 0. The molecular formula is C24H20N2O3. The van der Waals surface area contributed by atoms with Crippen LogP contribution in [0, 0.1) is 6.57 Å². The molecule has 0 radical (unpaired) electrons. The van der Waals surface area contributed by atoms with E-state index in [4.69, 9.17) is 11.3 Å². The molecule has 29 heavy (non-hydrogen) atoms. The zero-order chi connectivity index (χ0) is 20.2. The maximum atomic E-state index is 11.4. The van der Waals surface area contributed by atoms with Gasteiger partial charge in [-0.2, -0.15) is 0 Å². The first-order valence-corrected chi connectivity index (χ1v) is 9.57. The van der Waals surface area contributed by atoms with Crippen molar-refractivity contribution in [2.45, 2.75) is 25.2 Å². The minimum absolute atomic E-state index is 0.297. The van der Waals surface area contributed by atoms with Gasteiger partial charge in [0.05, 0.1) is 18.7 Å². The molecule has 0 fully saturated rings. The zero-order valence-corrected chi connectivity index (χ0v) is 15.8. The van der Waals surface area contributed by atoms with E-state index in [-0.39, 0.29) is 0 Å². The fourth-order valence-corrected chi connectivity index (χ4v) is 3.91. The fraction of sp³-hybridized carbons (Fsp3) is 0.208. The molecule has 0 spiro atoms. The summed E-state index contributed by atoms with van der Waals surface area (Å²) < 4.78 is 5.92. The van der Waals surface area contributed by atoms with E-state index in [1.54, 1.807) is 12.3 Å². The smallest absolute Gasteiger partial charge is 0.336 e. The van der Waals surface area contributed by atoms with Gasteiger partial charge in [0.2, 0.25) is 0 Å². The van der Waals surface area contributed by atoms with Crippen LogP contribution in [0.5, 0.6) is 5.75 Å². The second-order valence-corrected chi connectivity index (χ2v) is 7.09. The van der Waals surface area contributed by atoms with Crippen LogP contribution in [-0.4, -0.2) is 22.7 Å². The minimum Gasteiger partial charge on any atom is -0.493 e. The highest BCUT2D eigenvalue weighted by atomic mass is 16.5. The Balaban J connectivity index is 1.58. The van der Waals surface area contributed by atoms with E-state index >= 15 is 0 Å². The molecule has 0 unspecified atom stereocenters. The van der Waals surface area contributed by atoms with Crippen LogP contribution >= 0.6 is 0 Å². The number of ether oxygens (including phenoxy) is 1. The van der Waals surface area contributed by atoms with E-state index in [2.05, 4.69) is 15.9 Å². The van der Waals surface area contributed by atoms with Crippen molar-refractivity contribution in [2.75, 3.05) is 6.61 Å². The van der Waals surface area contributed by atoms with Crippen molar-refractivity contribution in [2.24, 2.45) is 0 Å². The molecule has 5 nitrogen and oxygen atoms in total. The molecular weight excluding hydrogens is 364 g/mol. The van der Waals surface area contributed by atoms with Gasteiger partial charge < -0.3 is 9.84 Å². The Morgan fingerprint density at radius 2 is 2.10 bits per heavy atom. The number of aromatic carboxylic acids is 1. The Morgan fingerprint density at radius 3 is 2.93 bits per heavy atom. The number of benzene rings is 2.